The second-order valence-electron chi connectivity index (χ2n) is 7.16. The lowest BCUT2D eigenvalue weighted by molar-refractivity contribution is -0.118. The van der Waals surface area contributed by atoms with Gasteiger partial charge >= 0.3 is 0 Å². The monoisotopic (exact) mass is 417 g/mol. The van der Waals surface area contributed by atoms with E-state index in [1.807, 2.05) is 13.0 Å². The summed E-state index contributed by atoms with van der Waals surface area (Å²) in [7, 11) is 0. The first-order chi connectivity index (χ1) is 13.4. The minimum Gasteiger partial charge on any atom is -0.321 e. The van der Waals surface area contributed by atoms with Crippen LogP contribution in [-0.2, 0) is 9.59 Å². The summed E-state index contributed by atoms with van der Waals surface area (Å²) < 4.78 is 0. The van der Waals surface area contributed by atoms with Gasteiger partial charge in [-0.05, 0) is 56.0 Å². The van der Waals surface area contributed by atoms with Crippen LogP contribution in [0.25, 0.3) is 0 Å². The summed E-state index contributed by atoms with van der Waals surface area (Å²) in [5.74, 6) is -0.0565. The molecule has 6 nitrogen and oxygen atoms in total. The molecule has 1 saturated carbocycles. The molecule has 146 valence electrons. The Hall–Kier alpha value is -2.38. The zero-order valence-corrected chi connectivity index (χ0v) is 17.0. The Labute approximate surface area is 171 Å². The second-order valence-corrected chi connectivity index (χ2v) is 8.61. The van der Waals surface area contributed by atoms with E-state index < -0.39 is 0 Å². The van der Waals surface area contributed by atoms with Gasteiger partial charge in [-0.1, -0.05) is 11.6 Å². The molecule has 3 amide bonds. The molecule has 0 unspecified atom stereocenters. The second kappa shape index (κ2) is 7.56. The molecule has 8 heteroatoms. The number of halogens is 1. The number of benzene rings is 1. The van der Waals surface area contributed by atoms with Gasteiger partial charge in [0.25, 0.3) is 5.91 Å². The summed E-state index contributed by atoms with van der Waals surface area (Å²) in [5.41, 5.74) is 2.03. The lowest BCUT2D eigenvalue weighted by Gasteiger charge is -2.18. The first-order valence-electron chi connectivity index (χ1n) is 9.25. The smallest absolute Gasteiger partial charge is 0.266 e. The summed E-state index contributed by atoms with van der Waals surface area (Å²) in [5, 5.41) is 6.82. The van der Waals surface area contributed by atoms with Crippen LogP contribution in [0.1, 0.15) is 40.9 Å². The topological polar surface area (TPSA) is 78.5 Å². The third kappa shape index (κ3) is 3.91. The number of carbonyl (C=O) groups is 3. The van der Waals surface area contributed by atoms with Crippen molar-refractivity contribution in [2.75, 3.05) is 22.1 Å². The normalized spacial score (nSPS) is 16.4. The molecule has 1 aromatic carbocycles. The van der Waals surface area contributed by atoms with Gasteiger partial charge in [-0.15, -0.1) is 11.3 Å². The van der Waals surface area contributed by atoms with E-state index in [0.29, 0.717) is 39.2 Å². The molecular weight excluding hydrogens is 398 g/mol. The maximum atomic E-state index is 12.7. The highest BCUT2D eigenvalue weighted by molar-refractivity contribution is 7.18. The van der Waals surface area contributed by atoms with E-state index in [1.165, 1.54) is 11.3 Å². The number of rotatable bonds is 5. The molecule has 1 saturated heterocycles. The average molecular weight is 418 g/mol. The first-order valence-corrected chi connectivity index (χ1v) is 10.4. The van der Waals surface area contributed by atoms with E-state index in [0.717, 1.165) is 24.8 Å². The molecule has 1 aliphatic heterocycles. The number of nitrogens with one attached hydrogen (secondary N) is 2. The van der Waals surface area contributed by atoms with E-state index in [4.69, 9.17) is 11.6 Å². The van der Waals surface area contributed by atoms with Crippen LogP contribution in [0.4, 0.5) is 16.4 Å². The predicted octanol–water partition coefficient (Wildman–Crippen LogP) is 4.44. The number of thiophene rings is 1. The minimum absolute atomic E-state index is 0.0204. The van der Waals surface area contributed by atoms with Gasteiger partial charge in [0.05, 0.1) is 20.6 Å². The van der Waals surface area contributed by atoms with Gasteiger partial charge in [-0.3, -0.25) is 14.4 Å². The van der Waals surface area contributed by atoms with Gasteiger partial charge in [0, 0.05) is 24.6 Å². The van der Waals surface area contributed by atoms with Crippen LogP contribution >= 0.6 is 22.9 Å². The lowest BCUT2D eigenvalue weighted by Crippen LogP contribution is -2.24. The number of hydrogen-bond donors (Lipinski definition) is 2. The fraction of sp³-hybridized carbons (Fsp3) is 0.350. The highest BCUT2D eigenvalue weighted by Gasteiger charge is 2.30. The third-order valence-electron chi connectivity index (χ3n) is 4.89. The number of anilines is 3. The predicted molar refractivity (Wildman–Crippen MR) is 111 cm³/mol. The quantitative estimate of drug-likeness (QED) is 0.754. The molecule has 1 aromatic heterocycles. The first kappa shape index (κ1) is 19.0. The zero-order valence-electron chi connectivity index (χ0n) is 15.4. The van der Waals surface area contributed by atoms with Gasteiger partial charge in [0.1, 0.15) is 0 Å². The van der Waals surface area contributed by atoms with Crippen molar-refractivity contribution in [1.29, 1.82) is 0 Å². The van der Waals surface area contributed by atoms with Crippen molar-refractivity contribution in [2.45, 2.75) is 32.6 Å². The van der Waals surface area contributed by atoms with Crippen molar-refractivity contribution < 1.29 is 14.4 Å². The summed E-state index contributed by atoms with van der Waals surface area (Å²) in [6.45, 7) is 2.50. The highest BCUT2D eigenvalue weighted by atomic mass is 35.5. The number of aryl methyl sites for hydroxylation is 1. The molecule has 0 radical (unpaired) electrons. The number of amides is 3. The van der Waals surface area contributed by atoms with Crippen LogP contribution in [0.2, 0.25) is 5.02 Å². The molecule has 2 aromatic rings. The van der Waals surface area contributed by atoms with Gasteiger partial charge in [-0.25, -0.2) is 0 Å². The summed E-state index contributed by atoms with van der Waals surface area (Å²) >= 11 is 7.60. The van der Waals surface area contributed by atoms with Crippen molar-refractivity contribution in [1.82, 2.24) is 0 Å². The van der Waals surface area contributed by atoms with Crippen LogP contribution in [0, 0.1) is 12.8 Å². The van der Waals surface area contributed by atoms with Crippen molar-refractivity contribution in [3.63, 3.8) is 0 Å². The van der Waals surface area contributed by atoms with Crippen molar-refractivity contribution in [3.8, 4) is 0 Å². The third-order valence-corrected chi connectivity index (χ3v) is 6.34. The van der Waals surface area contributed by atoms with Crippen LogP contribution in [0.3, 0.4) is 0 Å². The van der Waals surface area contributed by atoms with E-state index >= 15 is 0 Å². The molecule has 2 fully saturated rings. The van der Waals surface area contributed by atoms with Crippen molar-refractivity contribution >= 4 is 57.0 Å². The molecule has 2 heterocycles. The Morgan fingerprint density at radius 1 is 1.21 bits per heavy atom. The van der Waals surface area contributed by atoms with E-state index in [2.05, 4.69) is 10.6 Å². The van der Waals surface area contributed by atoms with Gasteiger partial charge in [-0.2, -0.15) is 0 Å². The Morgan fingerprint density at radius 2 is 2.00 bits per heavy atom. The standard InChI is InChI=1S/C20H20ClN3O3S/c1-11-9-16(23-19(26)12-4-5-12)28-18(11)20(27)22-13-6-7-15(14(21)10-13)24-8-2-3-17(24)25/h6-7,9-10,12H,2-5,8H2,1H3,(H,22,27)(H,23,26). The molecule has 2 aliphatic rings. The molecule has 1 aliphatic carbocycles. The van der Waals surface area contributed by atoms with Gasteiger partial charge in [0.2, 0.25) is 11.8 Å². The summed E-state index contributed by atoms with van der Waals surface area (Å²) in [6.07, 6.45) is 3.23. The Kier molecular flexibility index (Phi) is 5.12. The van der Waals surface area contributed by atoms with Gasteiger partial charge in [0.15, 0.2) is 0 Å². The van der Waals surface area contributed by atoms with Crippen molar-refractivity contribution in [2.24, 2.45) is 5.92 Å². The fourth-order valence-electron chi connectivity index (χ4n) is 3.23. The van der Waals surface area contributed by atoms with Crippen molar-refractivity contribution in [3.05, 3.63) is 39.7 Å². The van der Waals surface area contributed by atoms with E-state index in [1.54, 1.807) is 23.1 Å². The highest BCUT2D eigenvalue weighted by Crippen LogP contribution is 2.34. The molecule has 2 N–H and O–H groups in total. The van der Waals surface area contributed by atoms with Crippen LogP contribution in [0.15, 0.2) is 24.3 Å². The average Bonchev–Trinajstić information content (AvgIpc) is 3.32. The van der Waals surface area contributed by atoms with Crippen LogP contribution in [0.5, 0.6) is 0 Å². The SMILES string of the molecule is Cc1cc(NC(=O)C2CC2)sc1C(=O)Nc1ccc(N2CCCC2=O)c(Cl)c1. The van der Waals surface area contributed by atoms with Crippen LogP contribution in [-0.4, -0.2) is 24.3 Å². The van der Waals surface area contributed by atoms with E-state index in [-0.39, 0.29) is 23.6 Å². The minimum atomic E-state index is -0.254. The van der Waals surface area contributed by atoms with E-state index in [9.17, 15) is 14.4 Å². The zero-order chi connectivity index (χ0) is 19.8. The molecule has 0 bridgehead atoms. The molecule has 28 heavy (non-hydrogen) atoms. The largest absolute Gasteiger partial charge is 0.321 e. The lowest BCUT2D eigenvalue weighted by atomic mass is 10.2. The Morgan fingerprint density at radius 3 is 2.64 bits per heavy atom. The fourth-order valence-corrected chi connectivity index (χ4v) is 4.49. The van der Waals surface area contributed by atoms with Gasteiger partial charge < -0.3 is 15.5 Å². The molecular formula is C20H20ClN3O3S. The number of carbonyl (C=O) groups excluding carboxylic acids is 3. The molecule has 4 rings (SSSR count). The molecule has 0 atom stereocenters. The number of nitrogens with zero attached hydrogens (tertiary/aromatic N) is 1. The summed E-state index contributed by atoms with van der Waals surface area (Å²) in [6, 6.07) is 6.96. The Balaban J connectivity index is 1.46. The maximum Gasteiger partial charge on any atom is 0.266 e. The Bertz CT molecular complexity index is 968. The van der Waals surface area contributed by atoms with Crippen LogP contribution < -0.4 is 15.5 Å². The number of hydrogen-bond acceptors (Lipinski definition) is 4. The maximum absolute atomic E-state index is 12.7. The molecule has 0 spiro atoms. The summed E-state index contributed by atoms with van der Waals surface area (Å²) in [4.78, 5) is 38.7.